The Bertz CT molecular complexity index is 808. The molecule has 0 aliphatic heterocycles. The lowest BCUT2D eigenvalue weighted by atomic mass is 9.97. The number of hydrogen-bond donors (Lipinski definition) is 2. The molecule has 1 amide bonds. The average Bonchev–Trinajstić information content (AvgIpc) is 3.15. The van der Waals surface area contributed by atoms with Gasteiger partial charge in [0.15, 0.2) is 0 Å². The molecule has 2 heterocycles. The predicted octanol–water partition coefficient (Wildman–Crippen LogP) is 1.89. The Labute approximate surface area is 157 Å². The highest BCUT2D eigenvalue weighted by Gasteiger charge is 2.16. The van der Waals surface area contributed by atoms with Gasteiger partial charge in [-0.15, -0.1) is 10.2 Å². The van der Waals surface area contributed by atoms with E-state index in [1.54, 1.807) is 4.68 Å². The summed E-state index contributed by atoms with van der Waals surface area (Å²) in [5.74, 6) is 6.73. The van der Waals surface area contributed by atoms with Crippen molar-refractivity contribution < 1.29 is 4.79 Å². The van der Waals surface area contributed by atoms with Crippen molar-refractivity contribution in [2.24, 2.45) is 0 Å². The molecule has 9 heteroatoms. The predicted molar refractivity (Wildman–Crippen MR) is 102 cm³/mol. The van der Waals surface area contributed by atoms with Gasteiger partial charge < -0.3 is 11.2 Å². The highest BCUT2D eigenvalue weighted by atomic mass is 32.2. The van der Waals surface area contributed by atoms with E-state index in [1.807, 2.05) is 19.9 Å². The zero-order chi connectivity index (χ0) is 18.5. The van der Waals surface area contributed by atoms with Gasteiger partial charge in [0, 0.05) is 12.2 Å². The molecule has 0 unspecified atom stereocenters. The van der Waals surface area contributed by atoms with Crippen LogP contribution >= 0.6 is 11.8 Å². The number of carbonyl (C=O) groups excluding carboxylic acids is 1. The van der Waals surface area contributed by atoms with Gasteiger partial charge in [0.1, 0.15) is 0 Å². The van der Waals surface area contributed by atoms with Crippen LogP contribution in [-0.2, 0) is 4.79 Å². The fraction of sp³-hybridized carbons (Fsp3) is 0.529. The molecule has 0 spiro atoms. The maximum absolute atomic E-state index is 12.0. The van der Waals surface area contributed by atoms with E-state index >= 15 is 0 Å². The minimum Gasteiger partial charge on any atom is -0.355 e. The maximum atomic E-state index is 12.0. The van der Waals surface area contributed by atoms with E-state index in [4.69, 9.17) is 5.84 Å². The lowest BCUT2D eigenvalue weighted by Crippen LogP contribution is -2.27. The summed E-state index contributed by atoms with van der Waals surface area (Å²) in [4.78, 5) is 12.0. The lowest BCUT2D eigenvalue weighted by Gasteiger charge is -2.12. The van der Waals surface area contributed by atoms with Crippen LogP contribution in [0.4, 0.5) is 0 Å². The molecule has 1 aliphatic carbocycles. The van der Waals surface area contributed by atoms with Gasteiger partial charge in [0.2, 0.25) is 11.1 Å². The molecular weight excluding hydrogens is 350 g/mol. The Morgan fingerprint density at radius 2 is 2.19 bits per heavy atom. The normalized spacial score (nSPS) is 14.3. The van der Waals surface area contributed by atoms with E-state index in [-0.39, 0.29) is 11.7 Å². The quantitative estimate of drug-likeness (QED) is 0.435. The fourth-order valence-corrected chi connectivity index (χ4v) is 3.70. The Morgan fingerprint density at radius 3 is 2.88 bits per heavy atom. The molecular formula is C17H25N7OS. The summed E-state index contributed by atoms with van der Waals surface area (Å²) in [5, 5.41) is 16.0. The Balaban J connectivity index is 1.49. The smallest absolute Gasteiger partial charge is 0.271 e. The molecule has 0 saturated heterocycles. The minimum absolute atomic E-state index is 0.0259. The summed E-state index contributed by atoms with van der Waals surface area (Å²) in [6.45, 7) is 4.51. The van der Waals surface area contributed by atoms with Crippen molar-refractivity contribution in [3.63, 3.8) is 0 Å². The number of rotatable bonds is 7. The average molecular weight is 376 g/mol. The van der Waals surface area contributed by atoms with Gasteiger partial charge in [0.05, 0.1) is 11.4 Å². The SMILES string of the molecule is Cc1cc(C)n(-c2nnc(SCC(=O)NCCC3=CCCCC3)n2N)n1. The van der Waals surface area contributed by atoms with Crippen LogP contribution in [0, 0.1) is 13.8 Å². The van der Waals surface area contributed by atoms with Crippen LogP contribution in [0.1, 0.15) is 43.5 Å². The number of nitrogens with zero attached hydrogens (tertiary/aromatic N) is 5. The summed E-state index contributed by atoms with van der Waals surface area (Å²) in [7, 11) is 0. The van der Waals surface area contributed by atoms with Gasteiger partial charge in [-0.2, -0.15) is 5.10 Å². The molecule has 0 fully saturated rings. The van der Waals surface area contributed by atoms with Gasteiger partial charge >= 0.3 is 0 Å². The van der Waals surface area contributed by atoms with Crippen molar-refractivity contribution in [2.75, 3.05) is 18.1 Å². The molecule has 2 aromatic rings. The largest absolute Gasteiger partial charge is 0.355 e. The van der Waals surface area contributed by atoms with E-state index in [9.17, 15) is 4.79 Å². The first-order valence-electron chi connectivity index (χ1n) is 8.86. The van der Waals surface area contributed by atoms with Gasteiger partial charge in [-0.1, -0.05) is 23.4 Å². The van der Waals surface area contributed by atoms with Gasteiger partial charge in [-0.25, -0.2) is 9.36 Å². The van der Waals surface area contributed by atoms with Crippen LogP contribution < -0.4 is 11.2 Å². The molecule has 0 saturated carbocycles. The van der Waals surface area contributed by atoms with Crippen molar-refractivity contribution in [1.29, 1.82) is 0 Å². The molecule has 26 heavy (non-hydrogen) atoms. The number of aromatic nitrogens is 5. The first-order chi connectivity index (χ1) is 12.5. The second-order valence-corrected chi connectivity index (χ2v) is 7.43. The number of amides is 1. The van der Waals surface area contributed by atoms with Crippen LogP contribution in [0.2, 0.25) is 0 Å². The summed E-state index contributed by atoms with van der Waals surface area (Å²) in [5.41, 5.74) is 3.26. The number of thioether (sulfide) groups is 1. The number of nitrogens with one attached hydrogen (secondary N) is 1. The van der Waals surface area contributed by atoms with Gasteiger partial charge in [-0.05, 0) is 52.0 Å². The maximum Gasteiger partial charge on any atom is 0.271 e. The topological polar surface area (TPSA) is 104 Å². The molecule has 0 bridgehead atoms. The van der Waals surface area contributed by atoms with Crippen LogP contribution in [0.3, 0.4) is 0 Å². The molecule has 3 N–H and O–H groups in total. The Kier molecular flexibility index (Phi) is 5.97. The highest BCUT2D eigenvalue weighted by Crippen LogP contribution is 2.20. The highest BCUT2D eigenvalue weighted by molar-refractivity contribution is 7.99. The standard InChI is InChI=1S/C17H25N7OS/c1-12-10-13(2)24(22-12)16-20-21-17(23(16)18)26-11-15(25)19-9-8-14-6-4-3-5-7-14/h6,10H,3-5,7-9,11,18H2,1-2H3,(H,19,25). The van der Waals surface area contributed by atoms with E-state index in [0.717, 1.165) is 24.2 Å². The summed E-state index contributed by atoms with van der Waals surface area (Å²) in [6, 6.07) is 1.94. The molecule has 0 atom stereocenters. The van der Waals surface area contributed by atoms with Crippen molar-refractivity contribution in [3.05, 3.63) is 29.1 Å². The number of aryl methyl sites for hydroxylation is 2. The Hall–Kier alpha value is -2.29. The van der Waals surface area contributed by atoms with Crippen molar-refractivity contribution in [2.45, 2.75) is 51.1 Å². The first kappa shape index (κ1) is 18.5. The molecule has 0 aromatic carbocycles. The second kappa shape index (κ2) is 8.39. The summed E-state index contributed by atoms with van der Waals surface area (Å²) < 4.78 is 3.01. The van der Waals surface area contributed by atoms with Crippen molar-refractivity contribution >= 4 is 17.7 Å². The molecule has 2 aromatic heterocycles. The van der Waals surface area contributed by atoms with Crippen molar-refractivity contribution in [1.82, 2.24) is 30.0 Å². The number of nitrogen functional groups attached to an aromatic ring is 1. The number of nitrogens with two attached hydrogens (primary N) is 1. The third-order valence-electron chi connectivity index (χ3n) is 4.33. The molecule has 140 valence electrons. The molecule has 8 nitrogen and oxygen atoms in total. The van der Waals surface area contributed by atoms with E-state index in [1.165, 1.54) is 41.3 Å². The fourth-order valence-electron chi connectivity index (χ4n) is 3.02. The lowest BCUT2D eigenvalue weighted by molar-refractivity contribution is -0.118. The third-order valence-corrected chi connectivity index (χ3v) is 5.27. The molecule has 1 aliphatic rings. The summed E-state index contributed by atoms with van der Waals surface area (Å²) >= 11 is 1.27. The molecule has 0 radical (unpaired) electrons. The van der Waals surface area contributed by atoms with E-state index in [2.05, 4.69) is 26.7 Å². The number of allylic oxidation sites excluding steroid dienone is 1. The van der Waals surface area contributed by atoms with Crippen LogP contribution in [-0.4, -0.2) is 42.9 Å². The Morgan fingerprint density at radius 1 is 1.35 bits per heavy atom. The van der Waals surface area contributed by atoms with E-state index in [0.29, 0.717) is 17.6 Å². The van der Waals surface area contributed by atoms with Gasteiger partial charge in [0.25, 0.3) is 5.95 Å². The molecule has 3 rings (SSSR count). The number of hydrogen-bond acceptors (Lipinski definition) is 6. The van der Waals surface area contributed by atoms with Gasteiger partial charge in [-0.3, -0.25) is 4.79 Å². The summed E-state index contributed by atoms with van der Waals surface area (Å²) in [6.07, 6.45) is 8.12. The van der Waals surface area contributed by atoms with E-state index < -0.39 is 0 Å². The second-order valence-electron chi connectivity index (χ2n) is 6.49. The zero-order valence-corrected chi connectivity index (χ0v) is 16.1. The number of carbonyl (C=O) groups is 1. The first-order valence-corrected chi connectivity index (χ1v) is 9.84. The monoisotopic (exact) mass is 375 g/mol. The third kappa shape index (κ3) is 4.46. The van der Waals surface area contributed by atoms with Crippen molar-refractivity contribution in [3.8, 4) is 5.95 Å². The zero-order valence-electron chi connectivity index (χ0n) is 15.2. The van der Waals surface area contributed by atoms with Crippen LogP contribution in [0.15, 0.2) is 22.9 Å². The van der Waals surface area contributed by atoms with Crippen LogP contribution in [0.5, 0.6) is 0 Å². The van der Waals surface area contributed by atoms with Crippen LogP contribution in [0.25, 0.3) is 5.95 Å². The minimum atomic E-state index is -0.0259.